The molecule has 0 bridgehead atoms. The van der Waals surface area contributed by atoms with Crippen LogP contribution in [-0.2, 0) is 6.54 Å². The molecule has 0 aliphatic heterocycles. The second-order valence-corrected chi connectivity index (χ2v) is 5.25. The SMILES string of the molecule is Cc1nnc(CN[C@H](C)c2ccc(-n3ccnc3C)cc2)o1. The van der Waals surface area contributed by atoms with Crippen LogP contribution in [-0.4, -0.2) is 19.7 Å². The van der Waals surface area contributed by atoms with Crippen molar-refractivity contribution in [3.63, 3.8) is 0 Å². The first-order valence-electron chi connectivity index (χ1n) is 7.26. The average Bonchev–Trinajstić information content (AvgIpc) is 3.13. The molecule has 6 nitrogen and oxygen atoms in total. The zero-order valence-electron chi connectivity index (χ0n) is 12.9. The molecule has 1 atom stereocenters. The lowest BCUT2D eigenvalue weighted by Gasteiger charge is -2.14. The monoisotopic (exact) mass is 297 g/mol. The molecule has 22 heavy (non-hydrogen) atoms. The smallest absolute Gasteiger partial charge is 0.230 e. The van der Waals surface area contributed by atoms with Crippen LogP contribution in [0.4, 0.5) is 0 Å². The van der Waals surface area contributed by atoms with Gasteiger partial charge in [0.1, 0.15) is 5.82 Å². The summed E-state index contributed by atoms with van der Waals surface area (Å²) >= 11 is 0. The van der Waals surface area contributed by atoms with Gasteiger partial charge in [0.05, 0.1) is 6.54 Å². The van der Waals surface area contributed by atoms with Gasteiger partial charge in [-0.3, -0.25) is 0 Å². The molecule has 3 rings (SSSR count). The van der Waals surface area contributed by atoms with E-state index in [1.165, 1.54) is 5.56 Å². The van der Waals surface area contributed by atoms with Crippen LogP contribution in [0.1, 0.15) is 36.1 Å². The molecule has 3 aromatic rings. The standard InChI is InChI=1S/C16H19N5O/c1-11(18-10-16-20-19-13(3)22-16)14-4-6-15(7-5-14)21-9-8-17-12(21)2/h4-9,11,18H,10H2,1-3H3/t11-/m1/s1. The van der Waals surface area contributed by atoms with Crippen molar-refractivity contribution in [3.8, 4) is 5.69 Å². The lowest BCUT2D eigenvalue weighted by Crippen LogP contribution is -2.18. The van der Waals surface area contributed by atoms with Gasteiger partial charge in [-0.1, -0.05) is 12.1 Å². The average molecular weight is 297 g/mol. The molecule has 0 unspecified atom stereocenters. The highest BCUT2D eigenvalue weighted by Gasteiger charge is 2.08. The van der Waals surface area contributed by atoms with Crippen molar-refractivity contribution in [1.29, 1.82) is 0 Å². The Bertz CT molecular complexity index is 744. The molecule has 1 aromatic carbocycles. The predicted octanol–water partition coefficient (Wildman–Crippen LogP) is 2.72. The van der Waals surface area contributed by atoms with E-state index in [0.717, 1.165) is 11.5 Å². The Morgan fingerprint density at radius 3 is 2.55 bits per heavy atom. The van der Waals surface area contributed by atoms with Crippen molar-refractivity contribution in [3.05, 3.63) is 59.8 Å². The Morgan fingerprint density at radius 1 is 1.18 bits per heavy atom. The first-order valence-corrected chi connectivity index (χ1v) is 7.26. The van der Waals surface area contributed by atoms with E-state index in [9.17, 15) is 0 Å². The van der Waals surface area contributed by atoms with Crippen LogP contribution in [0.15, 0.2) is 41.1 Å². The van der Waals surface area contributed by atoms with E-state index in [4.69, 9.17) is 4.42 Å². The third kappa shape index (κ3) is 3.07. The highest BCUT2D eigenvalue weighted by atomic mass is 16.4. The Morgan fingerprint density at radius 2 is 1.95 bits per heavy atom. The van der Waals surface area contributed by atoms with Crippen LogP contribution < -0.4 is 5.32 Å². The Balaban J connectivity index is 1.66. The number of nitrogens with one attached hydrogen (secondary N) is 1. The van der Waals surface area contributed by atoms with Gasteiger partial charge in [-0.15, -0.1) is 10.2 Å². The number of aromatic nitrogens is 4. The van der Waals surface area contributed by atoms with E-state index in [2.05, 4.69) is 56.3 Å². The van der Waals surface area contributed by atoms with E-state index in [0.29, 0.717) is 18.3 Å². The molecule has 114 valence electrons. The molecule has 2 aromatic heterocycles. The molecular weight excluding hydrogens is 278 g/mol. The zero-order valence-corrected chi connectivity index (χ0v) is 12.9. The zero-order chi connectivity index (χ0) is 15.5. The Kier molecular flexibility index (Phi) is 4.02. The first-order chi connectivity index (χ1) is 10.6. The maximum absolute atomic E-state index is 5.36. The van der Waals surface area contributed by atoms with Crippen molar-refractivity contribution in [2.75, 3.05) is 0 Å². The second kappa shape index (κ2) is 6.11. The number of hydrogen-bond acceptors (Lipinski definition) is 5. The van der Waals surface area contributed by atoms with Crippen LogP contribution in [0.3, 0.4) is 0 Å². The van der Waals surface area contributed by atoms with Gasteiger partial charge in [0.2, 0.25) is 11.8 Å². The van der Waals surface area contributed by atoms with Gasteiger partial charge in [0.15, 0.2) is 0 Å². The topological polar surface area (TPSA) is 68.8 Å². The molecular formula is C16H19N5O. The van der Waals surface area contributed by atoms with Crippen LogP contribution in [0.5, 0.6) is 0 Å². The minimum absolute atomic E-state index is 0.199. The minimum Gasteiger partial charge on any atom is -0.424 e. The Labute approximate surface area is 129 Å². The van der Waals surface area contributed by atoms with Crippen molar-refractivity contribution in [1.82, 2.24) is 25.1 Å². The van der Waals surface area contributed by atoms with E-state index in [1.807, 2.05) is 13.1 Å². The summed E-state index contributed by atoms with van der Waals surface area (Å²) in [6.45, 7) is 6.45. The fraction of sp³-hybridized carbons (Fsp3) is 0.312. The normalized spacial score (nSPS) is 12.5. The molecule has 0 aliphatic rings. The van der Waals surface area contributed by atoms with E-state index in [1.54, 1.807) is 13.1 Å². The van der Waals surface area contributed by atoms with Crippen LogP contribution in [0.25, 0.3) is 5.69 Å². The van der Waals surface area contributed by atoms with Gasteiger partial charge in [0, 0.05) is 31.0 Å². The number of benzene rings is 1. The van der Waals surface area contributed by atoms with Crippen molar-refractivity contribution < 1.29 is 4.42 Å². The van der Waals surface area contributed by atoms with Crippen molar-refractivity contribution in [2.24, 2.45) is 0 Å². The number of imidazole rings is 1. The molecule has 1 N–H and O–H groups in total. The van der Waals surface area contributed by atoms with E-state index in [-0.39, 0.29) is 6.04 Å². The summed E-state index contributed by atoms with van der Waals surface area (Å²) in [7, 11) is 0. The second-order valence-electron chi connectivity index (χ2n) is 5.25. The summed E-state index contributed by atoms with van der Waals surface area (Å²) < 4.78 is 7.41. The summed E-state index contributed by atoms with van der Waals surface area (Å²) in [6.07, 6.45) is 3.77. The lowest BCUT2D eigenvalue weighted by molar-refractivity contribution is 0.430. The highest BCUT2D eigenvalue weighted by molar-refractivity contribution is 5.36. The van der Waals surface area contributed by atoms with Gasteiger partial charge in [-0.25, -0.2) is 4.98 Å². The highest BCUT2D eigenvalue weighted by Crippen LogP contribution is 2.17. The van der Waals surface area contributed by atoms with Crippen LogP contribution in [0, 0.1) is 13.8 Å². The van der Waals surface area contributed by atoms with Crippen LogP contribution in [0.2, 0.25) is 0 Å². The number of nitrogens with zero attached hydrogens (tertiary/aromatic N) is 4. The number of aryl methyl sites for hydroxylation is 2. The lowest BCUT2D eigenvalue weighted by atomic mass is 10.1. The first kappa shape index (κ1) is 14.5. The summed E-state index contributed by atoms with van der Waals surface area (Å²) in [5, 5.41) is 11.2. The summed E-state index contributed by atoms with van der Waals surface area (Å²) in [6, 6.07) is 8.62. The van der Waals surface area contributed by atoms with Gasteiger partial charge in [0.25, 0.3) is 0 Å². The van der Waals surface area contributed by atoms with E-state index >= 15 is 0 Å². The fourth-order valence-electron chi connectivity index (χ4n) is 2.34. The predicted molar refractivity (Wildman–Crippen MR) is 82.6 cm³/mol. The fourth-order valence-corrected chi connectivity index (χ4v) is 2.34. The molecule has 0 spiro atoms. The summed E-state index contributed by atoms with van der Waals surface area (Å²) in [5.74, 6) is 2.17. The maximum atomic E-state index is 5.36. The summed E-state index contributed by atoms with van der Waals surface area (Å²) in [5.41, 5.74) is 2.32. The van der Waals surface area contributed by atoms with Gasteiger partial charge in [-0.05, 0) is 31.5 Å². The van der Waals surface area contributed by atoms with Gasteiger partial charge >= 0.3 is 0 Å². The molecule has 0 aliphatic carbocycles. The third-order valence-corrected chi connectivity index (χ3v) is 3.62. The van der Waals surface area contributed by atoms with E-state index < -0.39 is 0 Å². The van der Waals surface area contributed by atoms with Crippen molar-refractivity contribution >= 4 is 0 Å². The van der Waals surface area contributed by atoms with Gasteiger partial charge < -0.3 is 14.3 Å². The molecule has 0 amide bonds. The minimum atomic E-state index is 0.199. The van der Waals surface area contributed by atoms with Gasteiger partial charge in [-0.2, -0.15) is 0 Å². The Hall–Kier alpha value is -2.47. The van der Waals surface area contributed by atoms with Crippen molar-refractivity contribution in [2.45, 2.75) is 33.4 Å². The molecule has 0 saturated carbocycles. The molecule has 6 heteroatoms. The molecule has 0 fully saturated rings. The molecule has 0 radical (unpaired) electrons. The maximum Gasteiger partial charge on any atom is 0.230 e. The number of hydrogen-bond donors (Lipinski definition) is 1. The largest absolute Gasteiger partial charge is 0.424 e. The van der Waals surface area contributed by atoms with Crippen LogP contribution >= 0.6 is 0 Å². The molecule has 2 heterocycles. The number of rotatable bonds is 5. The third-order valence-electron chi connectivity index (χ3n) is 3.62. The molecule has 0 saturated heterocycles. The summed E-state index contributed by atoms with van der Waals surface area (Å²) in [4.78, 5) is 4.24. The quantitative estimate of drug-likeness (QED) is 0.784.